The second kappa shape index (κ2) is 11.0. The largest absolute Gasteiger partial charge is 0.418 e. The molecule has 0 fully saturated rings. The molecule has 3 aromatic heterocycles. The second-order valence-electron chi connectivity index (χ2n) is 9.96. The lowest BCUT2D eigenvalue weighted by molar-refractivity contribution is -0.137. The van der Waals surface area contributed by atoms with Crippen LogP contribution in [0.15, 0.2) is 76.6 Å². The van der Waals surface area contributed by atoms with Gasteiger partial charge in [-0.25, -0.2) is 18.9 Å². The fourth-order valence-electron chi connectivity index (χ4n) is 4.99. The van der Waals surface area contributed by atoms with Crippen LogP contribution in [0.5, 0.6) is 0 Å². The second-order valence-corrected chi connectivity index (χ2v) is 9.96. The van der Waals surface area contributed by atoms with Gasteiger partial charge in [-0.2, -0.15) is 22.0 Å². The van der Waals surface area contributed by atoms with E-state index in [1.165, 1.54) is 36.1 Å². The van der Waals surface area contributed by atoms with Crippen LogP contribution in [-0.4, -0.2) is 19.1 Å². The van der Waals surface area contributed by atoms with E-state index in [9.17, 15) is 35.9 Å². The van der Waals surface area contributed by atoms with E-state index in [1.54, 1.807) is 32.0 Å². The van der Waals surface area contributed by atoms with Crippen LogP contribution in [0.2, 0.25) is 0 Å². The average molecular weight is 600 g/mol. The molecule has 3 heterocycles. The molecule has 0 aliphatic rings. The molecule has 43 heavy (non-hydrogen) atoms. The molecule has 0 spiro atoms. The molecular weight excluding hydrogens is 576 g/mol. The minimum atomic E-state index is -4.81. The molecule has 1 atom stereocenters. The summed E-state index contributed by atoms with van der Waals surface area (Å²) in [6, 6.07) is 10.2. The maximum absolute atomic E-state index is 13.7. The van der Waals surface area contributed by atoms with Crippen LogP contribution in [0, 0.1) is 12.7 Å². The standard InChI is InChI=1S/C30H23F6N5O2/c1-15-9-19(16(2)39-23-8-7-18(31)11-22(23)30(34,35)36)20-12-25(40(3)28(43)21(20)10-15)17-13-37-27(38-14-17)24-5-4-6-26(42)41(24)29(32)33/h4-14,16,29,39H,1-3H3. The Bertz CT molecular complexity index is 1970. The Morgan fingerprint density at radius 2 is 1.60 bits per heavy atom. The summed E-state index contributed by atoms with van der Waals surface area (Å²) < 4.78 is 83.2. The Morgan fingerprint density at radius 1 is 0.907 bits per heavy atom. The third-order valence-electron chi connectivity index (χ3n) is 7.02. The zero-order chi connectivity index (χ0) is 31.2. The number of halogens is 6. The Hall–Kier alpha value is -4.94. The summed E-state index contributed by atoms with van der Waals surface area (Å²) in [7, 11) is 1.52. The van der Waals surface area contributed by atoms with E-state index in [1.807, 2.05) is 0 Å². The topological polar surface area (TPSA) is 81.8 Å². The first-order chi connectivity index (χ1) is 20.3. The van der Waals surface area contributed by atoms with Crippen molar-refractivity contribution in [1.82, 2.24) is 19.1 Å². The number of hydrogen-bond donors (Lipinski definition) is 1. The van der Waals surface area contributed by atoms with Gasteiger partial charge in [0.05, 0.1) is 17.0 Å². The number of hydrogen-bond acceptors (Lipinski definition) is 5. The maximum Gasteiger partial charge on any atom is 0.418 e. The first kappa shape index (κ1) is 29.5. The van der Waals surface area contributed by atoms with E-state index >= 15 is 0 Å². The van der Waals surface area contributed by atoms with Gasteiger partial charge in [0.1, 0.15) is 5.82 Å². The molecule has 222 valence electrons. The molecule has 2 aromatic carbocycles. The summed E-state index contributed by atoms with van der Waals surface area (Å²) >= 11 is 0. The van der Waals surface area contributed by atoms with Crippen LogP contribution in [0.4, 0.5) is 32.0 Å². The molecule has 0 saturated carbocycles. The number of fused-ring (bicyclic) bond motifs is 1. The van der Waals surface area contributed by atoms with Gasteiger partial charge in [-0.1, -0.05) is 12.1 Å². The highest BCUT2D eigenvalue weighted by molar-refractivity contribution is 5.89. The molecule has 0 saturated heterocycles. The lowest BCUT2D eigenvalue weighted by atomic mass is 9.96. The number of alkyl halides is 5. The van der Waals surface area contributed by atoms with E-state index < -0.39 is 41.3 Å². The predicted molar refractivity (Wildman–Crippen MR) is 149 cm³/mol. The van der Waals surface area contributed by atoms with Crippen LogP contribution in [0.25, 0.3) is 33.5 Å². The highest BCUT2D eigenvalue weighted by Gasteiger charge is 2.34. The summed E-state index contributed by atoms with van der Waals surface area (Å²) in [4.78, 5) is 33.8. The summed E-state index contributed by atoms with van der Waals surface area (Å²) in [6.45, 7) is 0.250. The van der Waals surface area contributed by atoms with E-state index in [4.69, 9.17) is 0 Å². The number of rotatable bonds is 6. The lowest BCUT2D eigenvalue weighted by Gasteiger charge is -2.22. The Morgan fingerprint density at radius 3 is 2.26 bits per heavy atom. The van der Waals surface area contributed by atoms with Gasteiger partial charge in [0, 0.05) is 48.2 Å². The Labute approximate surface area is 240 Å². The van der Waals surface area contributed by atoms with Gasteiger partial charge >= 0.3 is 12.7 Å². The fourth-order valence-corrected chi connectivity index (χ4v) is 4.99. The monoisotopic (exact) mass is 599 g/mol. The molecule has 0 radical (unpaired) electrons. The number of aromatic nitrogens is 4. The number of pyridine rings is 2. The van der Waals surface area contributed by atoms with Crippen molar-refractivity contribution in [2.75, 3.05) is 5.32 Å². The number of aryl methyl sites for hydroxylation is 1. The smallest absolute Gasteiger partial charge is 0.378 e. The Kier molecular flexibility index (Phi) is 7.59. The van der Waals surface area contributed by atoms with Crippen molar-refractivity contribution in [3.05, 3.63) is 110 Å². The van der Waals surface area contributed by atoms with Crippen LogP contribution in [0.3, 0.4) is 0 Å². The van der Waals surface area contributed by atoms with Crippen molar-refractivity contribution in [3.63, 3.8) is 0 Å². The molecule has 5 rings (SSSR count). The summed E-state index contributed by atoms with van der Waals surface area (Å²) in [5, 5.41) is 3.56. The van der Waals surface area contributed by atoms with Gasteiger partial charge in [0.2, 0.25) is 0 Å². The van der Waals surface area contributed by atoms with Crippen molar-refractivity contribution in [1.29, 1.82) is 0 Å². The van der Waals surface area contributed by atoms with Crippen LogP contribution in [0.1, 0.15) is 36.2 Å². The molecule has 0 amide bonds. The van der Waals surface area contributed by atoms with Crippen LogP contribution in [-0.2, 0) is 13.2 Å². The van der Waals surface area contributed by atoms with Crippen molar-refractivity contribution in [2.45, 2.75) is 32.6 Å². The predicted octanol–water partition coefficient (Wildman–Crippen LogP) is 6.86. The minimum Gasteiger partial charge on any atom is -0.378 e. The van der Waals surface area contributed by atoms with Crippen molar-refractivity contribution in [3.8, 4) is 22.8 Å². The highest BCUT2D eigenvalue weighted by Crippen LogP contribution is 2.38. The number of nitrogens with zero attached hydrogens (tertiary/aromatic N) is 4. The molecule has 7 nitrogen and oxygen atoms in total. The quantitative estimate of drug-likeness (QED) is 0.216. The minimum absolute atomic E-state index is 0.138. The first-order valence-corrected chi connectivity index (χ1v) is 12.9. The third-order valence-corrected chi connectivity index (χ3v) is 7.02. The molecule has 1 unspecified atom stereocenters. The van der Waals surface area contributed by atoms with Crippen LogP contribution < -0.4 is 16.4 Å². The van der Waals surface area contributed by atoms with E-state index in [0.29, 0.717) is 39.2 Å². The van der Waals surface area contributed by atoms with E-state index in [-0.39, 0.29) is 21.8 Å². The molecule has 0 aliphatic heterocycles. The Balaban J connectivity index is 1.61. The van der Waals surface area contributed by atoms with Gasteiger partial charge < -0.3 is 9.88 Å². The normalized spacial score (nSPS) is 12.6. The lowest BCUT2D eigenvalue weighted by Crippen LogP contribution is -2.22. The van der Waals surface area contributed by atoms with Gasteiger partial charge in [0.15, 0.2) is 5.82 Å². The first-order valence-electron chi connectivity index (χ1n) is 12.9. The summed E-state index contributed by atoms with van der Waals surface area (Å²) in [5.41, 5.74) is -1.13. The maximum atomic E-state index is 13.7. The van der Waals surface area contributed by atoms with E-state index in [2.05, 4.69) is 15.3 Å². The molecule has 0 bridgehead atoms. The van der Waals surface area contributed by atoms with Gasteiger partial charge in [0.25, 0.3) is 11.1 Å². The van der Waals surface area contributed by atoms with Crippen LogP contribution >= 0.6 is 0 Å². The SMILES string of the molecule is Cc1cc(C(C)Nc2ccc(F)cc2C(F)(F)F)c2cc(-c3cnc(-c4cccc(=O)n4C(F)F)nc3)n(C)c(=O)c2c1. The zero-order valence-electron chi connectivity index (χ0n) is 22.9. The molecule has 5 aromatic rings. The summed E-state index contributed by atoms with van der Waals surface area (Å²) in [5.74, 6) is -1.17. The van der Waals surface area contributed by atoms with Gasteiger partial charge in [-0.15, -0.1) is 0 Å². The van der Waals surface area contributed by atoms with Gasteiger partial charge in [-0.05, 0) is 66.8 Å². The van der Waals surface area contributed by atoms with Crippen molar-refractivity contribution < 1.29 is 26.3 Å². The van der Waals surface area contributed by atoms with E-state index in [0.717, 1.165) is 18.2 Å². The molecule has 13 heteroatoms. The molecule has 0 aliphatic carbocycles. The van der Waals surface area contributed by atoms with Crippen molar-refractivity contribution in [2.24, 2.45) is 7.05 Å². The summed E-state index contributed by atoms with van der Waals surface area (Å²) in [6.07, 6.45) is -2.17. The van der Waals surface area contributed by atoms with Crippen molar-refractivity contribution >= 4 is 16.5 Å². The third kappa shape index (κ3) is 5.62. The zero-order valence-corrected chi connectivity index (χ0v) is 22.9. The number of anilines is 1. The van der Waals surface area contributed by atoms with Gasteiger partial charge in [-0.3, -0.25) is 9.59 Å². The highest BCUT2D eigenvalue weighted by atomic mass is 19.4. The fraction of sp³-hybridized carbons (Fsp3) is 0.200. The number of benzene rings is 2. The number of nitrogens with one attached hydrogen (secondary N) is 1. The average Bonchev–Trinajstić information content (AvgIpc) is 2.95. The molecule has 1 N–H and O–H groups in total. The molecular formula is C30H23F6N5O2.